The van der Waals surface area contributed by atoms with Crippen LogP contribution in [0.2, 0.25) is 0 Å². The number of hydrogen-bond acceptors (Lipinski definition) is 6. The molecule has 0 aliphatic heterocycles. The first-order valence-corrected chi connectivity index (χ1v) is 8.34. The van der Waals surface area contributed by atoms with Crippen molar-refractivity contribution in [1.82, 2.24) is 34.5 Å². The van der Waals surface area contributed by atoms with Gasteiger partial charge in [0.05, 0.1) is 11.3 Å². The van der Waals surface area contributed by atoms with Gasteiger partial charge in [-0.1, -0.05) is 30.0 Å². The van der Waals surface area contributed by atoms with Crippen molar-refractivity contribution in [3.05, 3.63) is 36.4 Å². The summed E-state index contributed by atoms with van der Waals surface area (Å²) in [4.78, 5) is 8.92. The average molecular weight is 325 g/mol. The van der Waals surface area contributed by atoms with Crippen molar-refractivity contribution >= 4 is 33.8 Å². The molecule has 7 nitrogen and oxygen atoms in total. The number of hydrogen-bond donors (Lipinski definition) is 0. The van der Waals surface area contributed by atoms with Gasteiger partial charge in [0.15, 0.2) is 5.65 Å². The van der Waals surface area contributed by atoms with Crippen molar-refractivity contribution in [2.24, 2.45) is 7.05 Å². The van der Waals surface area contributed by atoms with Crippen LogP contribution in [0.15, 0.2) is 35.7 Å². The van der Waals surface area contributed by atoms with Crippen LogP contribution in [-0.4, -0.2) is 34.5 Å². The number of nitrogens with zero attached hydrogens (tertiary/aromatic N) is 7. The molecule has 3 aromatic heterocycles. The number of fused-ring (bicyclic) bond motifs is 3. The van der Waals surface area contributed by atoms with E-state index < -0.39 is 0 Å². The molecule has 0 spiro atoms. The molecule has 0 amide bonds. The van der Waals surface area contributed by atoms with Crippen LogP contribution in [0, 0.1) is 0 Å². The van der Waals surface area contributed by atoms with Crippen LogP contribution in [0.5, 0.6) is 0 Å². The van der Waals surface area contributed by atoms with Gasteiger partial charge in [0, 0.05) is 19.0 Å². The Labute approximate surface area is 136 Å². The predicted octanol–water partition coefficient (Wildman–Crippen LogP) is 2.42. The fraction of sp³-hybridized carbons (Fsp3) is 0.267. The highest BCUT2D eigenvalue weighted by molar-refractivity contribution is 7.98. The smallest absolute Gasteiger partial charge is 0.211 e. The summed E-state index contributed by atoms with van der Waals surface area (Å²) in [6.07, 6.45) is 1.55. The first-order chi connectivity index (χ1) is 11.3. The van der Waals surface area contributed by atoms with E-state index in [4.69, 9.17) is 4.98 Å². The second-order valence-corrected chi connectivity index (χ2v) is 6.06. The molecule has 23 heavy (non-hydrogen) atoms. The molecule has 116 valence electrons. The molecule has 0 bridgehead atoms. The number of benzene rings is 1. The third-order valence-electron chi connectivity index (χ3n) is 3.81. The zero-order valence-corrected chi connectivity index (χ0v) is 13.7. The Morgan fingerprint density at radius 2 is 2.04 bits per heavy atom. The number of aromatic nitrogens is 7. The molecule has 0 N–H and O–H groups in total. The van der Waals surface area contributed by atoms with Crippen molar-refractivity contribution in [2.75, 3.05) is 0 Å². The fourth-order valence-corrected chi connectivity index (χ4v) is 3.42. The molecule has 4 rings (SSSR count). The lowest BCUT2D eigenvalue weighted by Crippen LogP contribution is -2.00. The van der Waals surface area contributed by atoms with E-state index in [1.54, 1.807) is 11.0 Å². The molecule has 3 heterocycles. The van der Waals surface area contributed by atoms with E-state index >= 15 is 0 Å². The molecule has 0 radical (unpaired) electrons. The molecular formula is C15H15N7S. The first kappa shape index (κ1) is 14.1. The third-order valence-corrected chi connectivity index (χ3v) is 4.64. The SMILES string of the molecule is CCn1c2ccccc2c2nnc(SCc3ncnn3C)nc21. The molecule has 0 saturated heterocycles. The van der Waals surface area contributed by atoms with Crippen LogP contribution in [0.3, 0.4) is 0 Å². The molecular weight excluding hydrogens is 310 g/mol. The summed E-state index contributed by atoms with van der Waals surface area (Å²) in [5.74, 6) is 1.55. The second kappa shape index (κ2) is 5.62. The lowest BCUT2D eigenvalue weighted by atomic mass is 10.2. The molecule has 0 aliphatic rings. The van der Waals surface area contributed by atoms with E-state index in [0.717, 1.165) is 34.4 Å². The Hall–Kier alpha value is -2.48. The highest BCUT2D eigenvalue weighted by Gasteiger charge is 2.14. The van der Waals surface area contributed by atoms with Gasteiger partial charge in [0.25, 0.3) is 0 Å². The molecule has 8 heteroatoms. The van der Waals surface area contributed by atoms with Crippen LogP contribution in [0.25, 0.3) is 22.1 Å². The van der Waals surface area contributed by atoms with Crippen molar-refractivity contribution in [3.8, 4) is 0 Å². The molecule has 0 unspecified atom stereocenters. The van der Waals surface area contributed by atoms with Crippen molar-refractivity contribution < 1.29 is 0 Å². The van der Waals surface area contributed by atoms with E-state index in [0.29, 0.717) is 10.9 Å². The predicted molar refractivity (Wildman–Crippen MR) is 89.1 cm³/mol. The Balaban J connectivity index is 1.75. The summed E-state index contributed by atoms with van der Waals surface area (Å²) in [5.41, 5.74) is 2.87. The van der Waals surface area contributed by atoms with Gasteiger partial charge in [0.1, 0.15) is 17.7 Å². The van der Waals surface area contributed by atoms with Gasteiger partial charge in [-0.05, 0) is 13.0 Å². The van der Waals surface area contributed by atoms with Gasteiger partial charge in [-0.25, -0.2) is 9.97 Å². The highest BCUT2D eigenvalue weighted by Crippen LogP contribution is 2.27. The number of thioether (sulfide) groups is 1. The molecule has 4 aromatic rings. The van der Waals surface area contributed by atoms with Crippen molar-refractivity contribution in [3.63, 3.8) is 0 Å². The minimum atomic E-state index is 0.651. The summed E-state index contributed by atoms with van der Waals surface area (Å²) in [6.45, 7) is 2.95. The summed E-state index contributed by atoms with van der Waals surface area (Å²) in [6, 6.07) is 8.20. The van der Waals surface area contributed by atoms with E-state index in [2.05, 4.69) is 43.9 Å². The Morgan fingerprint density at radius 1 is 1.17 bits per heavy atom. The Kier molecular flexibility index (Phi) is 3.45. The zero-order chi connectivity index (χ0) is 15.8. The molecule has 0 saturated carbocycles. The van der Waals surface area contributed by atoms with Gasteiger partial charge >= 0.3 is 0 Å². The van der Waals surface area contributed by atoms with Gasteiger partial charge in [0.2, 0.25) is 5.16 Å². The summed E-state index contributed by atoms with van der Waals surface area (Å²) in [7, 11) is 1.88. The van der Waals surface area contributed by atoms with E-state index in [1.807, 2.05) is 19.2 Å². The van der Waals surface area contributed by atoms with Gasteiger partial charge in [-0.15, -0.1) is 10.2 Å². The highest BCUT2D eigenvalue weighted by atomic mass is 32.2. The largest absolute Gasteiger partial charge is 0.324 e. The van der Waals surface area contributed by atoms with E-state index in [1.165, 1.54) is 11.8 Å². The minimum Gasteiger partial charge on any atom is -0.324 e. The van der Waals surface area contributed by atoms with Crippen LogP contribution in [-0.2, 0) is 19.3 Å². The number of rotatable bonds is 4. The van der Waals surface area contributed by atoms with Crippen LogP contribution in [0.1, 0.15) is 12.7 Å². The van der Waals surface area contributed by atoms with Crippen molar-refractivity contribution in [1.29, 1.82) is 0 Å². The quantitative estimate of drug-likeness (QED) is 0.536. The second-order valence-electron chi connectivity index (χ2n) is 5.12. The average Bonchev–Trinajstić information content (AvgIpc) is 3.13. The van der Waals surface area contributed by atoms with Crippen LogP contribution >= 0.6 is 11.8 Å². The number of aryl methyl sites for hydroxylation is 2. The number of para-hydroxylation sites is 1. The fourth-order valence-electron chi connectivity index (χ4n) is 2.65. The summed E-state index contributed by atoms with van der Waals surface area (Å²) < 4.78 is 3.92. The van der Waals surface area contributed by atoms with E-state index in [9.17, 15) is 0 Å². The normalized spacial score (nSPS) is 11.6. The maximum absolute atomic E-state index is 4.71. The molecule has 0 aliphatic carbocycles. The Morgan fingerprint density at radius 3 is 2.83 bits per heavy atom. The van der Waals surface area contributed by atoms with Gasteiger partial charge < -0.3 is 4.57 Å². The topological polar surface area (TPSA) is 74.3 Å². The third kappa shape index (κ3) is 2.35. The van der Waals surface area contributed by atoms with Gasteiger partial charge in [-0.2, -0.15) is 5.10 Å². The van der Waals surface area contributed by atoms with Crippen LogP contribution in [0.4, 0.5) is 0 Å². The maximum atomic E-state index is 4.71. The molecule has 1 aromatic carbocycles. The molecule has 0 fully saturated rings. The summed E-state index contributed by atoms with van der Waals surface area (Å²) >= 11 is 1.51. The maximum Gasteiger partial charge on any atom is 0.211 e. The van der Waals surface area contributed by atoms with Crippen LogP contribution < -0.4 is 0 Å². The standard InChI is InChI=1S/C15H15N7S/c1-3-22-11-7-5-4-6-10(11)13-14(22)18-15(20-19-13)23-8-12-16-9-17-21(12)2/h4-7,9H,3,8H2,1-2H3. The van der Waals surface area contributed by atoms with Gasteiger partial charge in [-0.3, -0.25) is 4.68 Å². The lowest BCUT2D eigenvalue weighted by Gasteiger charge is -2.03. The lowest BCUT2D eigenvalue weighted by molar-refractivity contribution is 0.729. The minimum absolute atomic E-state index is 0.651. The first-order valence-electron chi connectivity index (χ1n) is 7.35. The van der Waals surface area contributed by atoms with Crippen molar-refractivity contribution in [2.45, 2.75) is 24.4 Å². The Bertz CT molecular complexity index is 988. The summed E-state index contributed by atoms with van der Waals surface area (Å²) in [5, 5.41) is 14.5. The molecule has 0 atom stereocenters. The zero-order valence-electron chi connectivity index (χ0n) is 12.8. The van der Waals surface area contributed by atoms with E-state index in [-0.39, 0.29) is 0 Å². The monoisotopic (exact) mass is 325 g/mol.